The van der Waals surface area contributed by atoms with Crippen molar-refractivity contribution in [3.8, 4) is 0 Å². The average molecular weight is 296 g/mol. The first-order chi connectivity index (χ1) is 9.58. The number of halogens is 1. The molecule has 1 saturated heterocycles. The van der Waals surface area contributed by atoms with E-state index < -0.39 is 5.91 Å². The number of likely N-dealkylation sites (tertiary alicyclic amines) is 1. The normalized spacial score (nSPS) is 17.3. The Morgan fingerprint density at radius 2 is 2.15 bits per heavy atom. The zero-order valence-corrected chi connectivity index (χ0v) is 12.6. The van der Waals surface area contributed by atoms with Crippen molar-refractivity contribution in [2.75, 3.05) is 19.6 Å². The van der Waals surface area contributed by atoms with Gasteiger partial charge in [-0.3, -0.25) is 9.69 Å². The van der Waals surface area contributed by atoms with E-state index in [4.69, 9.17) is 17.3 Å². The van der Waals surface area contributed by atoms with Crippen molar-refractivity contribution in [2.45, 2.75) is 32.4 Å². The first-order valence-corrected chi connectivity index (χ1v) is 7.48. The third-order valence-corrected chi connectivity index (χ3v) is 4.21. The molecule has 1 aliphatic heterocycles. The van der Waals surface area contributed by atoms with Crippen LogP contribution in [0, 0.1) is 0 Å². The summed E-state index contributed by atoms with van der Waals surface area (Å²) >= 11 is 6.16. The highest BCUT2D eigenvalue weighted by molar-refractivity contribution is 6.31. The highest BCUT2D eigenvalue weighted by Gasteiger charge is 2.17. The second-order valence-electron chi connectivity index (χ2n) is 5.39. The third kappa shape index (κ3) is 3.95. The molecule has 1 aliphatic rings. The van der Waals surface area contributed by atoms with Crippen molar-refractivity contribution in [3.63, 3.8) is 0 Å². The molecule has 0 saturated carbocycles. The first-order valence-electron chi connectivity index (χ1n) is 7.11. The van der Waals surface area contributed by atoms with Crippen molar-refractivity contribution in [1.29, 1.82) is 0 Å². The Bertz CT molecular complexity index is 472. The van der Waals surface area contributed by atoms with Gasteiger partial charge in [-0.05, 0) is 50.6 Å². The maximum absolute atomic E-state index is 11.1. The summed E-state index contributed by atoms with van der Waals surface area (Å²) < 4.78 is 0. The van der Waals surface area contributed by atoms with E-state index in [9.17, 15) is 4.79 Å². The van der Waals surface area contributed by atoms with Crippen LogP contribution in [-0.4, -0.2) is 36.5 Å². The van der Waals surface area contributed by atoms with Crippen LogP contribution in [-0.2, 0) is 6.54 Å². The van der Waals surface area contributed by atoms with E-state index in [0.29, 0.717) is 23.2 Å². The van der Waals surface area contributed by atoms with Crippen LogP contribution < -0.4 is 11.1 Å². The Kier molecular flexibility index (Phi) is 5.40. The number of rotatable bonds is 6. The lowest BCUT2D eigenvalue weighted by atomic mass is 10.1. The monoisotopic (exact) mass is 295 g/mol. The highest BCUT2D eigenvalue weighted by Crippen LogP contribution is 2.18. The van der Waals surface area contributed by atoms with Gasteiger partial charge in [-0.25, -0.2) is 0 Å². The van der Waals surface area contributed by atoms with E-state index in [1.54, 1.807) is 12.1 Å². The molecule has 0 aromatic heterocycles. The number of benzene rings is 1. The SMILES string of the molecule is CC(CNCc1ccc(C(N)=O)cc1Cl)N1CCCC1. The predicted molar refractivity (Wildman–Crippen MR) is 81.9 cm³/mol. The number of nitrogens with zero attached hydrogens (tertiary/aromatic N) is 1. The molecular weight excluding hydrogens is 274 g/mol. The molecule has 4 nitrogen and oxygen atoms in total. The fourth-order valence-corrected chi connectivity index (χ4v) is 2.82. The molecule has 3 N–H and O–H groups in total. The summed E-state index contributed by atoms with van der Waals surface area (Å²) in [7, 11) is 0. The number of carbonyl (C=O) groups is 1. The third-order valence-electron chi connectivity index (χ3n) is 3.86. The summed E-state index contributed by atoms with van der Waals surface area (Å²) in [6, 6.07) is 5.75. The molecular formula is C15H22ClN3O. The van der Waals surface area contributed by atoms with Crippen LogP contribution in [0.5, 0.6) is 0 Å². The number of hydrogen-bond donors (Lipinski definition) is 2. The van der Waals surface area contributed by atoms with Gasteiger partial charge in [0.25, 0.3) is 0 Å². The molecule has 1 unspecified atom stereocenters. The summed E-state index contributed by atoms with van der Waals surface area (Å²) in [5.41, 5.74) is 6.66. The van der Waals surface area contributed by atoms with E-state index in [1.165, 1.54) is 25.9 Å². The molecule has 1 atom stereocenters. The Morgan fingerprint density at radius 1 is 1.45 bits per heavy atom. The van der Waals surface area contributed by atoms with Crippen LogP contribution in [0.15, 0.2) is 18.2 Å². The Labute approximate surface area is 125 Å². The molecule has 1 aromatic rings. The molecule has 1 aromatic carbocycles. The van der Waals surface area contributed by atoms with Crippen molar-refractivity contribution in [2.24, 2.45) is 5.73 Å². The second-order valence-corrected chi connectivity index (χ2v) is 5.80. The molecule has 0 bridgehead atoms. The van der Waals surface area contributed by atoms with Crippen molar-refractivity contribution in [3.05, 3.63) is 34.3 Å². The summed E-state index contributed by atoms with van der Waals surface area (Å²) in [4.78, 5) is 13.6. The molecule has 1 amide bonds. The summed E-state index contributed by atoms with van der Waals surface area (Å²) in [5.74, 6) is -0.450. The van der Waals surface area contributed by atoms with Gasteiger partial charge in [0.2, 0.25) is 5.91 Å². The van der Waals surface area contributed by atoms with E-state index >= 15 is 0 Å². The largest absolute Gasteiger partial charge is 0.366 e. The van der Waals surface area contributed by atoms with E-state index in [-0.39, 0.29) is 0 Å². The Morgan fingerprint density at radius 3 is 2.75 bits per heavy atom. The number of carbonyl (C=O) groups excluding carboxylic acids is 1. The number of nitrogens with one attached hydrogen (secondary N) is 1. The fraction of sp³-hybridized carbons (Fsp3) is 0.533. The predicted octanol–water partition coefficient (Wildman–Crippen LogP) is 2.01. The topological polar surface area (TPSA) is 58.4 Å². The molecule has 2 rings (SSSR count). The minimum Gasteiger partial charge on any atom is -0.366 e. The number of hydrogen-bond acceptors (Lipinski definition) is 3. The summed E-state index contributed by atoms with van der Waals surface area (Å²) in [6.45, 7) is 6.30. The standard InChI is InChI=1S/C15H22ClN3O/c1-11(19-6-2-3-7-19)9-18-10-13-5-4-12(15(17)20)8-14(13)16/h4-5,8,11,18H,2-3,6-7,9-10H2,1H3,(H2,17,20). The maximum atomic E-state index is 11.1. The zero-order chi connectivity index (χ0) is 14.5. The van der Waals surface area contributed by atoms with Gasteiger partial charge < -0.3 is 11.1 Å². The molecule has 0 spiro atoms. The van der Waals surface area contributed by atoms with Gasteiger partial charge in [0.15, 0.2) is 0 Å². The fourth-order valence-electron chi connectivity index (χ4n) is 2.57. The molecule has 5 heteroatoms. The van der Waals surface area contributed by atoms with Gasteiger partial charge in [0.1, 0.15) is 0 Å². The highest BCUT2D eigenvalue weighted by atomic mass is 35.5. The van der Waals surface area contributed by atoms with Crippen LogP contribution in [0.3, 0.4) is 0 Å². The first kappa shape index (κ1) is 15.3. The van der Waals surface area contributed by atoms with Gasteiger partial charge in [0.05, 0.1) is 0 Å². The van der Waals surface area contributed by atoms with Crippen molar-refractivity contribution >= 4 is 17.5 Å². The lowest BCUT2D eigenvalue weighted by molar-refractivity contribution is 0.100. The summed E-state index contributed by atoms with van der Waals surface area (Å²) in [5, 5.41) is 4.01. The summed E-state index contributed by atoms with van der Waals surface area (Å²) in [6.07, 6.45) is 2.62. The Hall–Kier alpha value is -1.10. The Balaban J connectivity index is 1.83. The molecule has 110 valence electrons. The van der Waals surface area contributed by atoms with Crippen LogP contribution in [0.2, 0.25) is 5.02 Å². The second kappa shape index (κ2) is 7.07. The van der Waals surface area contributed by atoms with Gasteiger partial charge in [-0.2, -0.15) is 0 Å². The quantitative estimate of drug-likeness (QED) is 0.844. The van der Waals surface area contributed by atoms with Gasteiger partial charge in [-0.1, -0.05) is 17.7 Å². The van der Waals surface area contributed by atoms with Gasteiger partial charge in [-0.15, -0.1) is 0 Å². The van der Waals surface area contributed by atoms with Gasteiger partial charge >= 0.3 is 0 Å². The van der Waals surface area contributed by atoms with Crippen molar-refractivity contribution in [1.82, 2.24) is 10.2 Å². The lowest BCUT2D eigenvalue weighted by Crippen LogP contribution is -2.38. The van der Waals surface area contributed by atoms with Crippen LogP contribution in [0.1, 0.15) is 35.7 Å². The molecule has 0 aliphatic carbocycles. The van der Waals surface area contributed by atoms with E-state index in [2.05, 4.69) is 17.1 Å². The maximum Gasteiger partial charge on any atom is 0.248 e. The van der Waals surface area contributed by atoms with Crippen LogP contribution >= 0.6 is 11.6 Å². The minimum atomic E-state index is -0.450. The molecule has 0 radical (unpaired) electrons. The number of amides is 1. The molecule has 1 heterocycles. The molecule has 1 fully saturated rings. The molecule has 20 heavy (non-hydrogen) atoms. The minimum absolute atomic E-state index is 0.448. The van der Waals surface area contributed by atoms with Crippen LogP contribution in [0.4, 0.5) is 0 Å². The van der Waals surface area contributed by atoms with Crippen LogP contribution in [0.25, 0.3) is 0 Å². The lowest BCUT2D eigenvalue weighted by Gasteiger charge is -2.24. The smallest absolute Gasteiger partial charge is 0.248 e. The van der Waals surface area contributed by atoms with Gasteiger partial charge in [0, 0.05) is 29.7 Å². The number of nitrogens with two attached hydrogens (primary N) is 1. The zero-order valence-electron chi connectivity index (χ0n) is 11.9. The van der Waals surface area contributed by atoms with E-state index in [0.717, 1.165) is 12.1 Å². The van der Waals surface area contributed by atoms with Crippen molar-refractivity contribution < 1.29 is 4.79 Å². The van der Waals surface area contributed by atoms with E-state index in [1.807, 2.05) is 6.07 Å². The number of primary amides is 1. The average Bonchev–Trinajstić information content (AvgIpc) is 2.94.